The maximum Gasteiger partial charge on any atom is 0.335 e. The number of hydrogen-bond donors (Lipinski definition) is 1. The van der Waals surface area contributed by atoms with Gasteiger partial charge in [-0.15, -0.1) is 0 Å². The Morgan fingerprint density at radius 2 is 1.81 bits per heavy atom. The van der Waals surface area contributed by atoms with E-state index in [0.717, 1.165) is 0 Å². The third kappa shape index (κ3) is 3.60. The van der Waals surface area contributed by atoms with Crippen molar-refractivity contribution in [1.29, 1.82) is 0 Å². The number of methoxy groups -OCH3 is 1. The number of hydrogen-bond acceptors (Lipinski definition) is 3. The molecular formula is C15H12Cl2O4. The number of rotatable bonds is 5. The normalized spacial score (nSPS) is 10.2. The van der Waals surface area contributed by atoms with Crippen LogP contribution in [0.1, 0.15) is 15.9 Å². The summed E-state index contributed by atoms with van der Waals surface area (Å²) in [4.78, 5) is 11.0. The monoisotopic (exact) mass is 326 g/mol. The molecule has 0 radical (unpaired) electrons. The molecule has 0 spiro atoms. The van der Waals surface area contributed by atoms with E-state index in [2.05, 4.69) is 0 Å². The highest BCUT2D eigenvalue weighted by molar-refractivity contribution is 6.35. The second kappa shape index (κ2) is 6.70. The summed E-state index contributed by atoms with van der Waals surface area (Å²) in [6.07, 6.45) is 0. The molecule has 4 nitrogen and oxygen atoms in total. The van der Waals surface area contributed by atoms with E-state index in [4.69, 9.17) is 37.8 Å². The molecule has 2 aromatic rings. The van der Waals surface area contributed by atoms with Crippen LogP contribution in [0.15, 0.2) is 36.4 Å². The van der Waals surface area contributed by atoms with Gasteiger partial charge < -0.3 is 14.6 Å². The highest BCUT2D eigenvalue weighted by Crippen LogP contribution is 2.31. The van der Waals surface area contributed by atoms with Crippen molar-refractivity contribution in [3.05, 3.63) is 57.6 Å². The van der Waals surface area contributed by atoms with Gasteiger partial charge in [0.05, 0.1) is 12.7 Å². The Morgan fingerprint density at radius 3 is 2.38 bits per heavy atom. The summed E-state index contributed by atoms with van der Waals surface area (Å²) in [6, 6.07) is 9.52. The molecule has 21 heavy (non-hydrogen) atoms. The molecule has 0 bridgehead atoms. The van der Waals surface area contributed by atoms with Crippen molar-refractivity contribution >= 4 is 29.2 Å². The van der Waals surface area contributed by atoms with Crippen LogP contribution >= 0.6 is 23.2 Å². The van der Waals surface area contributed by atoms with Crippen molar-refractivity contribution in [3.8, 4) is 11.5 Å². The number of halogens is 2. The number of carbonyl (C=O) groups is 1. The van der Waals surface area contributed by atoms with Crippen LogP contribution in [0.4, 0.5) is 0 Å². The Labute approximate surface area is 131 Å². The minimum absolute atomic E-state index is 0.107. The fourth-order valence-electron chi connectivity index (χ4n) is 1.74. The van der Waals surface area contributed by atoms with Crippen molar-refractivity contribution in [3.63, 3.8) is 0 Å². The largest absolute Gasteiger partial charge is 0.493 e. The topological polar surface area (TPSA) is 55.8 Å². The average Bonchev–Trinajstić information content (AvgIpc) is 2.46. The summed E-state index contributed by atoms with van der Waals surface area (Å²) >= 11 is 12.1. The molecule has 0 aliphatic heterocycles. The summed E-state index contributed by atoms with van der Waals surface area (Å²) in [5.74, 6) is -0.296. The van der Waals surface area contributed by atoms with Crippen LogP contribution in [-0.2, 0) is 6.61 Å². The molecule has 0 unspecified atom stereocenters. The van der Waals surface area contributed by atoms with Crippen molar-refractivity contribution < 1.29 is 19.4 Å². The first-order valence-corrected chi connectivity index (χ1v) is 6.75. The van der Waals surface area contributed by atoms with Gasteiger partial charge in [0.2, 0.25) is 0 Å². The number of carboxylic acid groups (broad SMARTS) is 1. The van der Waals surface area contributed by atoms with E-state index in [9.17, 15) is 4.79 Å². The lowest BCUT2D eigenvalue weighted by Crippen LogP contribution is -2.02. The van der Waals surface area contributed by atoms with Crippen LogP contribution in [0, 0.1) is 0 Å². The summed E-state index contributed by atoms with van der Waals surface area (Å²) in [6.45, 7) is 0.109. The molecule has 1 N–H and O–H groups in total. The minimum atomic E-state index is -1.04. The van der Waals surface area contributed by atoms with Crippen LogP contribution in [0.25, 0.3) is 0 Å². The SMILES string of the molecule is COc1ccc(C(=O)O)cc1OCc1c(Cl)cccc1Cl. The molecule has 2 rings (SSSR count). The van der Waals surface area contributed by atoms with E-state index < -0.39 is 5.97 Å². The van der Waals surface area contributed by atoms with Gasteiger partial charge in [-0.05, 0) is 30.3 Å². The van der Waals surface area contributed by atoms with Gasteiger partial charge in [0.1, 0.15) is 6.61 Å². The Hall–Kier alpha value is -1.91. The smallest absolute Gasteiger partial charge is 0.335 e. The molecule has 6 heteroatoms. The lowest BCUT2D eigenvalue weighted by atomic mass is 10.2. The summed E-state index contributed by atoms with van der Waals surface area (Å²) in [5, 5.41) is 9.97. The molecule has 0 saturated heterocycles. The number of ether oxygens (including phenoxy) is 2. The molecule has 0 heterocycles. The van der Waals surface area contributed by atoms with Crippen molar-refractivity contribution in [2.75, 3.05) is 7.11 Å². The second-order valence-electron chi connectivity index (χ2n) is 4.16. The first-order chi connectivity index (χ1) is 10.0. The Bertz CT molecular complexity index is 650. The lowest BCUT2D eigenvalue weighted by molar-refractivity contribution is 0.0696. The van der Waals surface area contributed by atoms with Gasteiger partial charge in [-0.25, -0.2) is 4.79 Å². The van der Waals surface area contributed by atoms with Crippen molar-refractivity contribution in [2.45, 2.75) is 6.61 Å². The first-order valence-electron chi connectivity index (χ1n) is 6.00. The Morgan fingerprint density at radius 1 is 1.14 bits per heavy atom. The summed E-state index contributed by atoms with van der Waals surface area (Å²) in [5.41, 5.74) is 0.736. The zero-order chi connectivity index (χ0) is 15.4. The first kappa shape index (κ1) is 15.5. The average molecular weight is 327 g/mol. The fraction of sp³-hybridized carbons (Fsp3) is 0.133. The Kier molecular flexibility index (Phi) is 4.94. The predicted molar refractivity (Wildman–Crippen MR) is 80.7 cm³/mol. The van der Waals surface area contributed by atoms with Gasteiger partial charge in [-0.2, -0.15) is 0 Å². The predicted octanol–water partition coefficient (Wildman–Crippen LogP) is 4.28. The van der Waals surface area contributed by atoms with E-state index in [1.54, 1.807) is 18.2 Å². The van der Waals surface area contributed by atoms with Gasteiger partial charge in [-0.3, -0.25) is 0 Å². The van der Waals surface area contributed by atoms with Gasteiger partial charge in [-0.1, -0.05) is 29.3 Å². The highest BCUT2D eigenvalue weighted by atomic mass is 35.5. The maximum absolute atomic E-state index is 11.0. The van der Waals surface area contributed by atoms with Crippen LogP contribution in [0.5, 0.6) is 11.5 Å². The Balaban J connectivity index is 2.26. The number of aromatic carboxylic acids is 1. The van der Waals surface area contributed by atoms with Crippen LogP contribution in [-0.4, -0.2) is 18.2 Å². The number of benzene rings is 2. The maximum atomic E-state index is 11.0. The van der Waals surface area contributed by atoms with Crippen LogP contribution in [0.2, 0.25) is 10.0 Å². The summed E-state index contributed by atoms with van der Waals surface area (Å²) < 4.78 is 10.8. The van der Waals surface area contributed by atoms with Gasteiger partial charge in [0, 0.05) is 15.6 Å². The third-order valence-electron chi connectivity index (χ3n) is 2.84. The van der Waals surface area contributed by atoms with Crippen molar-refractivity contribution in [2.24, 2.45) is 0 Å². The summed E-state index contributed by atoms with van der Waals surface area (Å²) in [7, 11) is 1.48. The van der Waals surface area contributed by atoms with Crippen LogP contribution < -0.4 is 9.47 Å². The molecular weight excluding hydrogens is 315 g/mol. The van der Waals surface area contributed by atoms with E-state index >= 15 is 0 Å². The molecule has 0 aliphatic carbocycles. The fourth-order valence-corrected chi connectivity index (χ4v) is 2.25. The third-order valence-corrected chi connectivity index (χ3v) is 3.55. The van der Waals surface area contributed by atoms with E-state index in [1.165, 1.54) is 25.3 Å². The van der Waals surface area contributed by atoms with E-state index in [-0.39, 0.29) is 12.2 Å². The highest BCUT2D eigenvalue weighted by Gasteiger charge is 2.12. The lowest BCUT2D eigenvalue weighted by Gasteiger charge is -2.13. The standard InChI is InChI=1S/C15H12Cl2O4/c1-20-13-6-5-9(15(18)19)7-14(13)21-8-10-11(16)3-2-4-12(10)17/h2-7H,8H2,1H3,(H,18,19). The molecule has 0 atom stereocenters. The molecule has 0 aliphatic rings. The van der Waals surface area contributed by atoms with E-state index in [1.807, 2.05) is 0 Å². The number of carboxylic acids is 1. The molecule has 0 saturated carbocycles. The van der Waals surface area contributed by atoms with Crippen molar-refractivity contribution in [1.82, 2.24) is 0 Å². The zero-order valence-corrected chi connectivity index (χ0v) is 12.6. The molecule has 0 amide bonds. The van der Waals surface area contributed by atoms with Gasteiger partial charge in [0.25, 0.3) is 0 Å². The van der Waals surface area contributed by atoms with Crippen LogP contribution in [0.3, 0.4) is 0 Å². The molecule has 0 fully saturated rings. The molecule has 110 valence electrons. The van der Waals surface area contributed by atoms with E-state index in [0.29, 0.717) is 27.1 Å². The quantitative estimate of drug-likeness (QED) is 0.890. The second-order valence-corrected chi connectivity index (χ2v) is 4.97. The zero-order valence-electron chi connectivity index (χ0n) is 11.1. The van der Waals surface area contributed by atoms with Gasteiger partial charge in [0.15, 0.2) is 11.5 Å². The molecule has 2 aromatic carbocycles. The van der Waals surface area contributed by atoms with Gasteiger partial charge >= 0.3 is 5.97 Å². The minimum Gasteiger partial charge on any atom is -0.493 e. The molecule has 0 aromatic heterocycles.